The standard InChI is InChI=1S/C22H30Cl2/c23-16-15-19-5-3-17(4-6-19)1-2-18-7-9-20(10-8-18)21-11-13-22(24)14-12-21/h11-20H,1-10H2. The van der Waals surface area contributed by atoms with Gasteiger partial charge in [-0.2, -0.15) is 0 Å². The fraction of sp³-hybridized carbons (Fsp3) is 0.636. The first kappa shape index (κ1) is 18.3. The third kappa shape index (κ3) is 5.27. The third-order valence-corrected chi connectivity index (χ3v) is 6.81. The van der Waals surface area contributed by atoms with Crippen LogP contribution in [0.25, 0.3) is 0 Å². The molecular formula is C22H30Cl2. The van der Waals surface area contributed by atoms with Crippen LogP contribution >= 0.6 is 23.2 Å². The van der Waals surface area contributed by atoms with E-state index in [1.807, 2.05) is 12.1 Å². The molecule has 2 heteroatoms. The van der Waals surface area contributed by atoms with Crippen LogP contribution in [-0.2, 0) is 0 Å². The van der Waals surface area contributed by atoms with Crippen molar-refractivity contribution in [3.05, 3.63) is 46.5 Å². The van der Waals surface area contributed by atoms with E-state index in [9.17, 15) is 0 Å². The van der Waals surface area contributed by atoms with Gasteiger partial charge in [0, 0.05) is 10.6 Å². The molecule has 0 unspecified atom stereocenters. The van der Waals surface area contributed by atoms with Gasteiger partial charge in [-0.05, 0) is 92.7 Å². The van der Waals surface area contributed by atoms with Crippen LogP contribution in [0.3, 0.4) is 0 Å². The van der Waals surface area contributed by atoms with Crippen LogP contribution in [0.15, 0.2) is 35.9 Å². The van der Waals surface area contributed by atoms with Crippen molar-refractivity contribution in [3.63, 3.8) is 0 Å². The predicted octanol–water partition coefficient (Wildman–Crippen LogP) is 7.95. The zero-order chi connectivity index (χ0) is 16.8. The monoisotopic (exact) mass is 364 g/mol. The van der Waals surface area contributed by atoms with Gasteiger partial charge in [-0.1, -0.05) is 54.3 Å². The van der Waals surface area contributed by atoms with Gasteiger partial charge in [0.2, 0.25) is 0 Å². The molecule has 132 valence electrons. The summed E-state index contributed by atoms with van der Waals surface area (Å²) in [6.45, 7) is 0. The molecule has 1 aromatic carbocycles. The number of hydrogen-bond acceptors (Lipinski definition) is 0. The lowest BCUT2D eigenvalue weighted by Gasteiger charge is -2.31. The third-order valence-electron chi connectivity index (χ3n) is 6.41. The Labute approximate surface area is 157 Å². The van der Waals surface area contributed by atoms with Crippen LogP contribution in [0.1, 0.15) is 75.7 Å². The Kier molecular flexibility index (Phi) is 7.10. The van der Waals surface area contributed by atoms with Crippen molar-refractivity contribution < 1.29 is 0 Å². The first-order chi connectivity index (χ1) is 11.7. The van der Waals surface area contributed by atoms with Gasteiger partial charge in [-0.3, -0.25) is 0 Å². The van der Waals surface area contributed by atoms with Gasteiger partial charge in [-0.25, -0.2) is 0 Å². The lowest BCUT2D eigenvalue weighted by Crippen LogP contribution is -2.17. The fourth-order valence-corrected chi connectivity index (χ4v) is 5.09. The summed E-state index contributed by atoms with van der Waals surface area (Å²) in [7, 11) is 0. The van der Waals surface area contributed by atoms with Crippen molar-refractivity contribution in [1.82, 2.24) is 0 Å². The minimum atomic E-state index is 0.744. The van der Waals surface area contributed by atoms with Gasteiger partial charge in [0.25, 0.3) is 0 Å². The molecule has 0 bridgehead atoms. The summed E-state index contributed by atoms with van der Waals surface area (Å²) in [5.74, 6) is 3.44. The molecule has 2 aliphatic carbocycles. The summed E-state index contributed by atoms with van der Waals surface area (Å²) in [6, 6.07) is 8.53. The highest BCUT2D eigenvalue weighted by Gasteiger charge is 2.24. The van der Waals surface area contributed by atoms with E-state index in [0.29, 0.717) is 0 Å². The second-order valence-electron chi connectivity index (χ2n) is 7.95. The summed E-state index contributed by atoms with van der Waals surface area (Å²) >= 11 is 11.7. The van der Waals surface area contributed by atoms with Gasteiger partial charge in [0.1, 0.15) is 0 Å². The van der Waals surface area contributed by atoms with Crippen molar-refractivity contribution >= 4 is 23.2 Å². The van der Waals surface area contributed by atoms with E-state index in [-0.39, 0.29) is 0 Å². The molecule has 2 saturated carbocycles. The smallest absolute Gasteiger partial charge is 0.0406 e. The summed E-state index contributed by atoms with van der Waals surface area (Å²) in [5, 5.41) is 0.851. The van der Waals surface area contributed by atoms with Crippen LogP contribution in [0.5, 0.6) is 0 Å². The molecular weight excluding hydrogens is 335 g/mol. The molecule has 0 amide bonds. The van der Waals surface area contributed by atoms with Gasteiger partial charge in [0.15, 0.2) is 0 Å². The Morgan fingerprint density at radius 2 is 1.33 bits per heavy atom. The van der Waals surface area contributed by atoms with Crippen molar-refractivity contribution in [1.29, 1.82) is 0 Å². The van der Waals surface area contributed by atoms with E-state index in [0.717, 1.165) is 28.7 Å². The first-order valence-corrected chi connectivity index (χ1v) is 10.6. The molecule has 0 aromatic heterocycles. The van der Waals surface area contributed by atoms with Crippen molar-refractivity contribution in [2.75, 3.05) is 0 Å². The Balaban J connectivity index is 1.36. The average molecular weight is 365 g/mol. The molecule has 0 saturated heterocycles. The largest absolute Gasteiger partial charge is 0.0933 e. The molecule has 24 heavy (non-hydrogen) atoms. The Morgan fingerprint density at radius 3 is 1.88 bits per heavy atom. The first-order valence-electron chi connectivity index (χ1n) is 9.77. The summed E-state index contributed by atoms with van der Waals surface area (Å²) in [5.41, 5.74) is 3.20. The van der Waals surface area contributed by atoms with Crippen molar-refractivity contribution in [2.45, 2.75) is 70.1 Å². The van der Waals surface area contributed by atoms with Crippen molar-refractivity contribution in [3.8, 4) is 0 Å². The second-order valence-corrected chi connectivity index (χ2v) is 8.63. The SMILES string of the molecule is ClC=CC1CCC(CCC2CCC(c3ccc(Cl)cc3)CC2)CC1. The molecule has 0 nitrogen and oxygen atoms in total. The average Bonchev–Trinajstić information content (AvgIpc) is 2.63. The molecule has 0 heterocycles. The van der Waals surface area contributed by atoms with Gasteiger partial charge in [-0.15, -0.1) is 0 Å². The summed E-state index contributed by atoms with van der Waals surface area (Å²) in [6.07, 6.45) is 16.2. The lowest BCUT2D eigenvalue weighted by molar-refractivity contribution is 0.246. The van der Waals surface area contributed by atoms with Crippen LogP contribution in [0.4, 0.5) is 0 Å². The zero-order valence-electron chi connectivity index (χ0n) is 14.6. The molecule has 0 atom stereocenters. The van der Waals surface area contributed by atoms with Gasteiger partial charge < -0.3 is 0 Å². The maximum atomic E-state index is 6.01. The Bertz CT molecular complexity index is 503. The minimum Gasteiger partial charge on any atom is -0.0933 e. The zero-order valence-corrected chi connectivity index (χ0v) is 16.1. The van der Waals surface area contributed by atoms with E-state index in [1.165, 1.54) is 69.8 Å². The molecule has 2 fully saturated rings. The molecule has 2 aliphatic rings. The van der Waals surface area contributed by atoms with E-state index in [1.54, 1.807) is 5.54 Å². The van der Waals surface area contributed by atoms with E-state index < -0.39 is 0 Å². The Morgan fingerprint density at radius 1 is 0.792 bits per heavy atom. The van der Waals surface area contributed by atoms with Crippen molar-refractivity contribution in [2.24, 2.45) is 17.8 Å². The molecule has 0 spiro atoms. The number of benzene rings is 1. The summed E-state index contributed by atoms with van der Waals surface area (Å²) < 4.78 is 0. The number of hydrogen-bond donors (Lipinski definition) is 0. The fourth-order valence-electron chi connectivity index (χ4n) is 4.76. The molecule has 0 radical (unpaired) electrons. The van der Waals surface area contributed by atoms with Crippen LogP contribution < -0.4 is 0 Å². The number of rotatable bonds is 5. The lowest BCUT2D eigenvalue weighted by atomic mass is 9.74. The second kappa shape index (κ2) is 9.30. The predicted molar refractivity (Wildman–Crippen MR) is 106 cm³/mol. The maximum absolute atomic E-state index is 6.01. The molecule has 1 aromatic rings. The highest BCUT2D eigenvalue weighted by molar-refractivity contribution is 6.30. The van der Waals surface area contributed by atoms with E-state index in [4.69, 9.17) is 23.2 Å². The summed E-state index contributed by atoms with van der Waals surface area (Å²) in [4.78, 5) is 0. The van der Waals surface area contributed by atoms with Gasteiger partial charge >= 0.3 is 0 Å². The normalized spacial score (nSPS) is 31.4. The van der Waals surface area contributed by atoms with Crippen LogP contribution in [0, 0.1) is 17.8 Å². The quantitative estimate of drug-likeness (QED) is 0.496. The molecule has 3 rings (SSSR count). The van der Waals surface area contributed by atoms with Gasteiger partial charge in [0.05, 0.1) is 0 Å². The molecule has 0 aliphatic heterocycles. The number of allylic oxidation sites excluding steroid dienone is 1. The van der Waals surface area contributed by atoms with Crippen LogP contribution in [-0.4, -0.2) is 0 Å². The minimum absolute atomic E-state index is 0.744. The number of halogens is 2. The van der Waals surface area contributed by atoms with E-state index >= 15 is 0 Å². The highest BCUT2D eigenvalue weighted by Crippen LogP contribution is 2.40. The maximum Gasteiger partial charge on any atom is 0.0406 e. The topological polar surface area (TPSA) is 0 Å². The highest BCUT2D eigenvalue weighted by atomic mass is 35.5. The Hall–Kier alpha value is -0.460. The van der Waals surface area contributed by atoms with Crippen LogP contribution in [0.2, 0.25) is 5.02 Å². The van der Waals surface area contributed by atoms with E-state index in [2.05, 4.69) is 18.2 Å². The molecule has 0 N–H and O–H groups in total.